The van der Waals surface area contributed by atoms with Crippen LogP contribution in [0.1, 0.15) is 58.8 Å². The smallest absolute Gasteiger partial charge is 0.171 e. The second kappa shape index (κ2) is 5.42. The highest BCUT2D eigenvalue weighted by Crippen LogP contribution is 2.48. The Morgan fingerprint density at radius 1 is 0.778 bits per heavy atom. The summed E-state index contributed by atoms with van der Waals surface area (Å²) in [6.07, 6.45) is 2.94. The van der Waals surface area contributed by atoms with Crippen molar-refractivity contribution >= 4 is 0 Å². The summed E-state index contributed by atoms with van der Waals surface area (Å²) in [4.78, 5) is 0. The highest BCUT2D eigenvalue weighted by atomic mass is 19.4. The number of halogens is 3. The first-order chi connectivity index (χ1) is 8.38. The van der Waals surface area contributed by atoms with Crippen molar-refractivity contribution in [2.45, 2.75) is 65.0 Å². The van der Waals surface area contributed by atoms with Crippen LogP contribution in [0.5, 0.6) is 0 Å². The zero-order valence-electron chi connectivity index (χ0n) is 11.5. The highest BCUT2D eigenvalue weighted by Gasteiger charge is 2.47. The minimum atomic E-state index is -3.99. The number of rotatable bonds is 1. The van der Waals surface area contributed by atoms with Gasteiger partial charge in [-0.05, 0) is 55.8 Å². The van der Waals surface area contributed by atoms with Gasteiger partial charge in [-0.25, -0.2) is 0 Å². The zero-order valence-corrected chi connectivity index (χ0v) is 11.5. The van der Waals surface area contributed by atoms with Crippen molar-refractivity contribution in [3.63, 3.8) is 0 Å². The van der Waals surface area contributed by atoms with Crippen LogP contribution in [0, 0.1) is 29.6 Å². The molecule has 0 nitrogen and oxygen atoms in total. The lowest BCUT2D eigenvalue weighted by Gasteiger charge is -2.41. The molecule has 0 bridgehead atoms. The molecular weight excluding hydrogens is 237 g/mol. The van der Waals surface area contributed by atoms with Crippen LogP contribution in [0.25, 0.3) is 0 Å². The second-order valence-corrected chi connectivity index (χ2v) is 6.72. The maximum absolute atomic E-state index is 13.0. The molecule has 0 aromatic heterocycles. The molecule has 2 rings (SSSR count). The van der Waals surface area contributed by atoms with Gasteiger partial charge < -0.3 is 0 Å². The Balaban J connectivity index is 1.95. The largest absolute Gasteiger partial charge is 0.392 e. The third-order valence-corrected chi connectivity index (χ3v) is 5.38. The Bertz CT molecular complexity index is 263. The van der Waals surface area contributed by atoms with E-state index in [1.54, 1.807) is 6.92 Å². The maximum Gasteiger partial charge on any atom is 0.392 e. The molecule has 0 N–H and O–H groups in total. The van der Waals surface area contributed by atoms with E-state index in [1.165, 1.54) is 12.8 Å². The van der Waals surface area contributed by atoms with Crippen molar-refractivity contribution in [2.24, 2.45) is 29.6 Å². The summed E-state index contributed by atoms with van der Waals surface area (Å²) in [7, 11) is 0. The van der Waals surface area contributed by atoms with E-state index in [1.807, 2.05) is 0 Å². The third kappa shape index (κ3) is 3.21. The van der Waals surface area contributed by atoms with Crippen LogP contribution in [-0.4, -0.2) is 6.18 Å². The van der Waals surface area contributed by atoms with Crippen LogP contribution < -0.4 is 0 Å². The summed E-state index contributed by atoms with van der Waals surface area (Å²) in [6.45, 7) is 4.04. The van der Waals surface area contributed by atoms with Crippen LogP contribution in [0.2, 0.25) is 0 Å². The molecule has 2 fully saturated rings. The summed E-state index contributed by atoms with van der Waals surface area (Å²) in [5.74, 6) is 0.459. The van der Waals surface area contributed by atoms with E-state index in [4.69, 9.17) is 0 Å². The summed E-state index contributed by atoms with van der Waals surface area (Å²) in [5, 5.41) is 0. The van der Waals surface area contributed by atoms with Crippen LogP contribution >= 0.6 is 0 Å². The van der Waals surface area contributed by atoms with E-state index in [0.29, 0.717) is 18.3 Å². The summed E-state index contributed by atoms with van der Waals surface area (Å²) < 4.78 is 39.0. The van der Waals surface area contributed by atoms with Crippen LogP contribution in [0.15, 0.2) is 0 Å². The fourth-order valence-electron chi connectivity index (χ4n) is 4.00. The van der Waals surface area contributed by atoms with Crippen molar-refractivity contribution < 1.29 is 13.2 Å². The molecular formula is C15H25F3. The standard InChI is InChI=1S/C15H25F3/c1-10-3-6-12(7-4-10)13-8-5-11(2)14(9-13)15(16,17)18/h10-14H,3-9H2,1-2H3/t10?,11-,12?,13?,14?/m0/s1. The molecule has 0 amide bonds. The van der Waals surface area contributed by atoms with Crippen LogP contribution in [0.3, 0.4) is 0 Å². The van der Waals surface area contributed by atoms with Gasteiger partial charge in [0.2, 0.25) is 0 Å². The van der Waals surface area contributed by atoms with Crippen LogP contribution in [0.4, 0.5) is 13.2 Å². The monoisotopic (exact) mass is 262 g/mol. The van der Waals surface area contributed by atoms with Gasteiger partial charge in [0.05, 0.1) is 5.92 Å². The number of hydrogen-bond donors (Lipinski definition) is 0. The minimum Gasteiger partial charge on any atom is -0.171 e. The molecule has 2 aliphatic carbocycles. The summed E-state index contributed by atoms with van der Waals surface area (Å²) in [6, 6.07) is 0. The van der Waals surface area contributed by atoms with Gasteiger partial charge >= 0.3 is 6.18 Å². The predicted octanol–water partition coefficient (Wildman–Crippen LogP) is 5.43. The predicted molar refractivity (Wildman–Crippen MR) is 67.2 cm³/mol. The van der Waals surface area contributed by atoms with Crippen molar-refractivity contribution in [1.82, 2.24) is 0 Å². The molecule has 0 radical (unpaired) electrons. The topological polar surface area (TPSA) is 0 Å². The van der Waals surface area contributed by atoms with E-state index in [2.05, 4.69) is 6.92 Å². The Morgan fingerprint density at radius 2 is 1.33 bits per heavy atom. The molecule has 0 saturated heterocycles. The van der Waals surface area contributed by atoms with Gasteiger partial charge in [0.1, 0.15) is 0 Å². The van der Waals surface area contributed by atoms with Gasteiger partial charge in [-0.15, -0.1) is 0 Å². The molecule has 0 aromatic rings. The molecule has 18 heavy (non-hydrogen) atoms. The lowest BCUT2D eigenvalue weighted by Crippen LogP contribution is -2.37. The first kappa shape index (κ1) is 14.2. The fourth-order valence-corrected chi connectivity index (χ4v) is 4.00. The summed E-state index contributed by atoms with van der Waals surface area (Å²) >= 11 is 0. The highest BCUT2D eigenvalue weighted by molar-refractivity contribution is 4.86. The van der Waals surface area contributed by atoms with E-state index >= 15 is 0 Å². The second-order valence-electron chi connectivity index (χ2n) is 6.72. The molecule has 3 heteroatoms. The van der Waals surface area contributed by atoms with E-state index in [9.17, 15) is 13.2 Å². The Hall–Kier alpha value is -0.210. The molecule has 2 aliphatic rings. The van der Waals surface area contributed by atoms with Crippen molar-refractivity contribution in [3.8, 4) is 0 Å². The molecule has 106 valence electrons. The van der Waals surface area contributed by atoms with Gasteiger partial charge in [-0.3, -0.25) is 0 Å². The quantitative estimate of drug-likeness (QED) is 0.591. The average molecular weight is 262 g/mol. The SMILES string of the molecule is CC1CCC(C2CC[C@H](C)C(C(F)(F)F)C2)CC1. The Morgan fingerprint density at radius 3 is 1.89 bits per heavy atom. The van der Waals surface area contributed by atoms with E-state index < -0.39 is 12.1 Å². The average Bonchev–Trinajstić information content (AvgIpc) is 2.29. The summed E-state index contributed by atoms with van der Waals surface area (Å²) in [5.41, 5.74) is 0. The molecule has 0 aliphatic heterocycles. The number of hydrogen-bond acceptors (Lipinski definition) is 0. The normalized spacial score (nSPS) is 42.8. The van der Waals surface area contributed by atoms with Gasteiger partial charge in [-0.1, -0.05) is 26.7 Å². The molecule has 2 unspecified atom stereocenters. The molecule has 0 spiro atoms. The Labute approximate surface area is 108 Å². The molecule has 2 saturated carbocycles. The third-order valence-electron chi connectivity index (χ3n) is 5.38. The van der Waals surface area contributed by atoms with Crippen molar-refractivity contribution in [2.75, 3.05) is 0 Å². The van der Waals surface area contributed by atoms with E-state index in [-0.39, 0.29) is 5.92 Å². The number of alkyl halides is 3. The fraction of sp³-hybridized carbons (Fsp3) is 1.00. The lowest BCUT2D eigenvalue weighted by atomic mass is 9.66. The molecule has 0 aromatic carbocycles. The first-order valence-electron chi connectivity index (χ1n) is 7.44. The van der Waals surface area contributed by atoms with Gasteiger partial charge in [0.25, 0.3) is 0 Å². The van der Waals surface area contributed by atoms with Gasteiger partial charge in [0, 0.05) is 0 Å². The van der Waals surface area contributed by atoms with E-state index in [0.717, 1.165) is 31.6 Å². The molecule has 0 heterocycles. The van der Waals surface area contributed by atoms with Crippen LogP contribution in [-0.2, 0) is 0 Å². The zero-order chi connectivity index (χ0) is 13.3. The van der Waals surface area contributed by atoms with Gasteiger partial charge in [-0.2, -0.15) is 13.2 Å². The first-order valence-corrected chi connectivity index (χ1v) is 7.44. The Kier molecular flexibility index (Phi) is 4.28. The van der Waals surface area contributed by atoms with Crippen molar-refractivity contribution in [1.29, 1.82) is 0 Å². The molecule has 3 atom stereocenters. The van der Waals surface area contributed by atoms with Crippen molar-refractivity contribution in [3.05, 3.63) is 0 Å². The lowest BCUT2D eigenvalue weighted by molar-refractivity contribution is -0.200. The van der Waals surface area contributed by atoms with Gasteiger partial charge in [0.15, 0.2) is 0 Å². The maximum atomic E-state index is 13.0. The minimum absolute atomic E-state index is 0.177.